The molecule has 0 bridgehead atoms. The van der Waals surface area contributed by atoms with E-state index in [1.165, 1.54) is 5.56 Å². The maximum absolute atomic E-state index is 11.9. The first kappa shape index (κ1) is 20.0. The van der Waals surface area contributed by atoms with E-state index in [-0.39, 0.29) is 12.1 Å². The summed E-state index contributed by atoms with van der Waals surface area (Å²) in [6.07, 6.45) is 1.52. The van der Waals surface area contributed by atoms with Crippen LogP contribution in [0.25, 0.3) is 0 Å². The number of nitrogens with zero attached hydrogens (tertiary/aromatic N) is 1. The van der Waals surface area contributed by atoms with Crippen LogP contribution in [0.5, 0.6) is 5.75 Å². The van der Waals surface area contributed by atoms with Gasteiger partial charge in [0.25, 0.3) is 0 Å². The summed E-state index contributed by atoms with van der Waals surface area (Å²) in [5, 5.41) is 2.98. The van der Waals surface area contributed by atoms with Crippen molar-refractivity contribution >= 4 is 22.0 Å². The molecule has 2 rings (SSSR count). The number of ether oxygens (including phenoxy) is 2. The predicted molar refractivity (Wildman–Crippen MR) is 103 cm³/mol. The second kappa shape index (κ2) is 8.90. The van der Waals surface area contributed by atoms with Crippen molar-refractivity contribution < 1.29 is 14.3 Å². The monoisotopic (exact) mass is 412 g/mol. The predicted octanol–water partition coefficient (Wildman–Crippen LogP) is 4.34. The van der Waals surface area contributed by atoms with Gasteiger partial charge in [-0.15, -0.1) is 0 Å². The number of hydrogen-bond acceptors (Lipinski definition) is 4. The maximum Gasteiger partial charge on any atom is 0.407 e. The number of rotatable bonds is 5. The standard InChI is InChI=1S/C19H29BrN2O3/c1-5-24-17-8-6-7-16(20)15(17)13-22-11-9-14(10-12-22)21-18(23)25-19(2,3)4/h6-8,14H,5,9-13H2,1-4H3,(H,21,23). The van der Waals surface area contributed by atoms with Gasteiger partial charge in [-0.3, -0.25) is 4.90 Å². The summed E-state index contributed by atoms with van der Waals surface area (Å²) in [7, 11) is 0. The third-order valence-electron chi connectivity index (χ3n) is 4.07. The SMILES string of the molecule is CCOc1cccc(Br)c1CN1CCC(NC(=O)OC(C)(C)C)CC1. The number of carbonyl (C=O) groups excluding carboxylic acids is 1. The first-order chi connectivity index (χ1) is 11.8. The Hall–Kier alpha value is -1.27. The molecule has 5 nitrogen and oxygen atoms in total. The van der Waals surface area contributed by atoms with Crippen LogP contribution in [0.2, 0.25) is 0 Å². The Balaban J connectivity index is 1.86. The number of alkyl carbamates (subject to hydrolysis) is 1. The molecule has 1 aliphatic heterocycles. The van der Waals surface area contributed by atoms with Gasteiger partial charge in [0, 0.05) is 35.7 Å². The molecule has 1 heterocycles. The third-order valence-corrected chi connectivity index (χ3v) is 4.81. The molecule has 0 radical (unpaired) electrons. The highest BCUT2D eigenvalue weighted by molar-refractivity contribution is 9.10. The molecule has 1 N–H and O–H groups in total. The van der Waals surface area contributed by atoms with Crippen LogP contribution in [0, 0.1) is 0 Å². The van der Waals surface area contributed by atoms with Crippen LogP contribution < -0.4 is 10.1 Å². The Morgan fingerprint density at radius 2 is 2.00 bits per heavy atom. The number of benzene rings is 1. The highest BCUT2D eigenvalue weighted by Gasteiger charge is 2.24. The van der Waals surface area contributed by atoms with E-state index in [1.54, 1.807) is 0 Å². The van der Waals surface area contributed by atoms with Crippen LogP contribution in [-0.2, 0) is 11.3 Å². The summed E-state index contributed by atoms with van der Waals surface area (Å²) in [4.78, 5) is 14.3. The van der Waals surface area contributed by atoms with Gasteiger partial charge in [-0.25, -0.2) is 4.79 Å². The lowest BCUT2D eigenvalue weighted by Crippen LogP contribution is -2.45. The smallest absolute Gasteiger partial charge is 0.407 e. The van der Waals surface area contributed by atoms with Crippen molar-refractivity contribution in [3.05, 3.63) is 28.2 Å². The van der Waals surface area contributed by atoms with Crippen molar-refractivity contribution in [2.24, 2.45) is 0 Å². The van der Waals surface area contributed by atoms with Gasteiger partial charge >= 0.3 is 6.09 Å². The second-order valence-electron chi connectivity index (χ2n) is 7.35. The van der Waals surface area contributed by atoms with E-state index in [0.29, 0.717) is 6.61 Å². The Labute approximate surface area is 159 Å². The maximum atomic E-state index is 11.9. The average molecular weight is 413 g/mol. The minimum absolute atomic E-state index is 0.177. The van der Waals surface area contributed by atoms with E-state index in [0.717, 1.165) is 42.7 Å². The molecule has 1 aromatic carbocycles. The lowest BCUT2D eigenvalue weighted by molar-refractivity contribution is 0.0477. The van der Waals surface area contributed by atoms with Gasteiger partial charge in [-0.1, -0.05) is 22.0 Å². The van der Waals surface area contributed by atoms with E-state index in [1.807, 2.05) is 39.8 Å². The summed E-state index contributed by atoms with van der Waals surface area (Å²) in [5.41, 5.74) is 0.725. The topological polar surface area (TPSA) is 50.8 Å². The van der Waals surface area contributed by atoms with Crippen molar-refractivity contribution in [1.82, 2.24) is 10.2 Å². The van der Waals surface area contributed by atoms with Gasteiger partial charge in [0.2, 0.25) is 0 Å². The van der Waals surface area contributed by atoms with Crippen LogP contribution in [0.4, 0.5) is 4.79 Å². The number of carbonyl (C=O) groups is 1. The Bertz CT molecular complexity index is 579. The van der Waals surface area contributed by atoms with Gasteiger partial charge in [0.15, 0.2) is 0 Å². The molecule has 0 atom stereocenters. The van der Waals surface area contributed by atoms with Crippen molar-refractivity contribution in [3.8, 4) is 5.75 Å². The largest absolute Gasteiger partial charge is 0.494 e. The van der Waals surface area contributed by atoms with Crippen LogP contribution in [0.1, 0.15) is 46.1 Å². The zero-order valence-corrected chi connectivity index (χ0v) is 17.2. The Morgan fingerprint density at radius 3 is 2.60 bits per heavy atom. The molecule has 1 saturated heterocycles. The summed E-state index contributed by atoms with van der Waals surface area (Å²) < 4.78 is 12.2. The number of nitrogens with one attached hydrogen (secondary N) is 1. The third kappa shape index (κ3) is 6.51. The first-order valence-corrected chi connectivity index (χ1v) is 9.70. The fourth-order valence-corrected chi connectivity index (χ4v) is 3.39. The molecule has 6 heteroatoms. The molecule has 1 aromatic rings. The number of piperidine rings is 1. The molecule has 1 aliphatic rings. The minimum atomic E-state index is -0.458. The number of halogens is 1. The fourth-order valence-electron chi connectivity index (χ4n) is 2.92. The molecule has 0 spiro atoms. The summed E-state index contributed by atoms with van der Waals surface area (Å²) in [6.45, 7) is 11.0. The van der Waals surface area contributed by atoms with E-state index >= 15 is 0 Å². The van der Waals surface area contributed by atoms with Crippen molar-refractivity contribution in [2.75, 3.05) is 19.7 Å². The molecule has 0 saturated carbocycles. The Morgan fingerprint density at radius 1 is 1.32 bits per heavy atom. The number of likely N-dealkylation sites (tertiary alicyclic amines) is 1. The molecular formula is C19H29BrN2O3. The molecule has 140 valence electrons. The molecule has 25 heavy (non-hydrogen) atoms. The summed E-state index contributed by atoms with van der Waals surface area (Å²) in [5.74, 6) is 0.936. The minimum Gasteiger partial charge on any atom is -0.494 e. The quantitative estimate of drug-likeness (QED) is 0.781. The molecule has 0 aliphatic carbocycles. The molecule has 0 aromatic heterocycles. The van der Waals surface area contributed by atoms with E-state index in [2.05, 4.69) is 32.2 Å². The van der Waals surface area contributed by atoms with Gasteiger partial charge in [0.1, 0.15) is 11.4 Å². The van der Waals surface area contributed by atoms with Crippen LogP contribution in [0.15, 0.2) is 22.7 Å². The highest BCUT2D eigenvalue weighted by atomic mass is 79.9. The van der Waals surface area contributed by atoms with Crippen molar-refractivity contribution in [3.63, 3.8) is 0 Å². The molecular weight excluding hydrogens is 384 g/mol. The van der Waals surface area contributed by atoms with E-state index in [9.17, 15) is 4.79 Å². The van der Waals surface area contributed by atoms with Gasteiger partial charge in [0.05, 0.1) is 6.61 Å². The number of hydrogen-bond donors (Lipinski definition) is 1. The van der Waals surface area contributed by atoms with E-state index < -0.39 is 5.60 Å². The summed E-state index contributed by atoms with van der Waals surface area (Å²) in [6, 6.07) is 6.24. The lowest BCUT2D eigenvalue weighted by atomic mass is 10.0. The first-order valence-electron chi connectivity index (χ1n) is 8.90. The zero-order chi connectivity index (χ0) is 18.4. The molecule has 0 unspecified atom stereocenters. The average Bonchev–Trinajstić information content (AvgIpc) is 2.51. The van der Waals surface area contributed by atoms with Gasteiger partial charge in [-0.2, -0.15) is 0 Å². The Kier molecular flexibility index (Phi) is 7.14. The summed E-state index contributed by atoms with van der Waals surface area (Å²) >= 11 is 3.64. The van der Waals surface area contributed by atoms with Gasteiger partial charge < -0.3 is 14.8 Å². The van der Waals surface area contributed by atoms with Gasteiger partial charge in [-0.05, 0) is 52.7 Å². The van der Waals surface area contributed by atoms with Crippen LogP contribution >= 0.6 is 15.9 Å². The van der Waals surface area contributed by atoms with Crippen LogP contribution in [-0.4, -0.2) is 42.3 Å². The lowest BCUT2D eigenvalue weighted by Gasteiger charge is -2.33. The zero-order valence-electron chi connectivity index (χ0n) is 15.6. The van der Waals surface area contributed by atoms with Crippen molar-refractivity contribution in [2.45, 2.75) is 58.7 Å². The number of amides is 1. The normalized spacial score (nSPS) is 16.5. The van der Waals surface area contributed by atoms with Crippen LogP contribution in [0.3, 0.4) is 0 Å². The van der Waals surface area contributed by atoms with Crippen molar-refractivity contribution in [1.29, 1.82) is 0 Å². The second-order valence-corrected chi connectivity index (χ2v) is 8.20. The highest BCUT2D eigenvalue weighted by Crippen LogP contribution is 2.29. The molecule has 1 fully saturated rings. The van der Waals surface area contributed by atoms with E-state index in [4.69, 9.17) is 9.47 Å². The fraction of sp³-hybridized carbons (Fsp3) is 0.632. The molecule has 1 amide bonds.